The molecule has 0 bridgehead atoms. The van der Waals surface area contributed by atoms with E-state index in [2.05, 4.69) is 47.6 Å². The lowest BCUT2D eigenvalue weighted by Crippen LogP contribution is -2.25. The molecule has 0 saturated carbocycles. The fraction of sp³-hybridized carbons (Fsp3) is 0.167. The van der Waals surface area contributed by atoms with Crippen LogP contribution < -0.4 is 4.57 Å². The first-order valence-corrected chi connectivity index (χ1v) is 7.06. The molecule has 1 N–H and O–H groups in total. The standard InChI is InChI=1S/C18H16N2O/c1-11-14-6-7-19(2)10-12(14)8-16-15-9-13(21)4-5-17(15)20(3)18(11)16/h4-10H,1-3H3/p+1. The average molecular weight is 277 g/mol. The molecule has 21 heavy (non-hydrogen) atoms. The number of phenolic OH excluding ortho intramolecular Hbond substituents is 1. The second-order valence-electron chi connectivity index (χ2n) is 5.77. The molecule has 0 amide bonds. The number of aromatic nitrogens is 2. The molecule has 0 aliphatic carbocycles. The zero-order valence-electron chi connectivity index (χ0n) is 12.4. The van der Waals surface area contributed by atoms with Crippen LogP contribution in [0.2, 0.25) is 0 Å². The van der Waals surface area contributed by atoms with Crippen molar-refractivity contribution in [2.45, 2.75) is 6.92 Å². The monoisotopic (exact) mass is 277 g/mol. The molecule has 3 heteroatoms. The van der Waals surface area contributed by atoms with Crippen molar-refractivity contribution in [3.05, 3.63) is 48.3 Å². The molecule has 2 heterocycles. The second-order valence-corrected chi connectivity index (χ2v) is 5.77. The van der Waals surface area contributed by atoms with Crippen LogP contribution in [-0.2, 0) is 14.1 Å². The van der Waals surface area contributed by atoms with Gasteiger partial charge in [0.1, 0.15) is 12.8 Å². The van der Waals surface area contributed by atoms with Gasteiger partial charge in [0, 0.05) is 34.8 Å². The summed E-state index contributed by atoms with van der Waals surface area (Å²) in [6.07, 6.45) is 4.22. The van der Waals surface area contributed by atoms with Crippen molar-refractivity contribution >= 4 is 32.6 Å². The Morgan fingerprint density at radius 3 is 2.67 bits per heavy atom. The Balaban J connectivity index is 2.32. The lowest BCUT2D eigenvalue weighted by molar-refractivity contribution is -0.670. The van der Waals surface area contributed by atoms with Gasteiger partial charge in [-0.25, -0.2) is 4.57 Å². The van der Waals surface area contributed by atoms with Crippen LogP contribution in [0.25, 0.3) is 32.6 Å². The third-order valence-corrected chi connectivity index (χ3v) is 4.41. The highest BCUT2D eigenvalue weighted by molar-refractivity contribution is 6.14. The van der Waals surface area contributed by atoms with Gasteiger partial charge in [-0.2, -0.15) is 0 Å². The lowest BCUT2D eigenvalue weighted by atomic mass is 10.0. The number of rotatable bonds is 0. The van der Waals surface area contributed by atoms with Crippen LogP contribution >= 0.6 is 0 Å². The van der Waals surface area contributed by atoms with Crippen LogP contribution in [0, 0.1) is 6.92 Å². The number of fused-ring (bicyclic) bond motifs is 4. The fourth-order valence-electron chi connectivity index (χ4n) is 3.42. The zero-order valence-corrected chi connectivity index (χ0v) is 12.4. The Hall–Kier alpha value is -2.55. The lowest BCUT2D eigenvalue weighted by Gasteiger charge is -2.05. The van der Waals surface area contributed by atoms with E-state index in [1.807, 2.05) is 19.2 Å². The topological polar surface area (TPSA) is 29.0 Å². The highest BCUT2D eigenvalue weighted by Gasteiger charge is 2.14. The number of hydrogen-bond donors (Lipinski definition) is 1. The molecular formula is C18H17N2O+. The van der Waals surface area contributed by atoms with Gasteiger partial charge >= 0.3 is 0 Å². The van der Waals surface area contributed by atoms with Crippen LogP contribution in [0.4, 0.5) is 0 Å². The Labute approximate surface area is 122 Å². The molecule has 2 aromatic heterocycles. The molecule has 0 unspecified atom stereocenters. The fourth-order valence-corrected chi connectivity index (χ4v) is 3.42. The number of pyridine rings is 1. The van der Waals surface area contributed by atoms with Crippen LogP contribution in [0.1, 0.15) is 5.56 Å². The number of phenols is 1. The number of nitrogens with zero attached hydrogens (tertiary/aromatic N) is 2. The van der Waals surface area contributed by atoms with E-state index in [0.717, 1.165) is 10.9 Å². The van der Waals surface area contributed by atoms with E-state index in [-0.39, 0.29) is 0 Å². The van der Waals surface area contributed by atoms with Crippen molar-refractivity contribution in [2.75, 3.05) is 0 Å². The summed E-state index contributed by atoms with van der Waals surface area (Å²) >= 11 is 0. The summed E-state index contributed by atoms with van der Waals surface area (Å²) in [5.41, 5.74) is 3.66. The summed E-state index contributed by atoms with van der Waals surface area (Å²) in [5.74, 6) is 0.311. The predicted molar refractivity (Wildman–Crippen MR) is 85.5 cm³/mol. The summed E-state index contributed by atoms with van der Waals surface area (Å²) in [4.78, 5) is 0. The van der Waals surface area contributed by atoms with E-state index in [4.69, 9.17) is 0 Å². The highest BCUT2D eigenvalue weighted by atomic mass is 16.3. The summed E-state index contributed by atoms with van der Waals surface area (Å²) in [5, 5.41) is 14.6. The van der Waals surface area contributed by atoms with Crippen LogP contribution in [0.3, 0.4) is 0 Å². The Kier molecular flexibility index (Phi) is 2.31. The third kappa shape index (κ3) is 1.57. The smallest absolute Gasteiger partial charge is 0.176 e. The normalized spacial score (nSPS) is 11.8. The van der Waals surface area contributed by atoms with Gasteiger partial charge in [-0.3, -0.25) is 0 Å². The molecule has 4 aromatic rings. The third-order valence-electron chi connectivity index (χ3n) is 4.41. The van der Waals surface area contributed by atoms with E-state index < -0.39 is 0 Å². The molecule has 0 atom stereocenters. The molecule has 2 aromatic carbocycles. The van der Waals surface area contributed by atoms with Crippen molar-refractivity contribution in [3.8, 4) is 5.75 Å². The van der Waals surface area contributed by atoms with Gasteiger partial charge in [0.15, 0.2) is 12.4 Å². The number of hydrogen-bond acceptors (Lipinski definition) is 1. The Morgan fingerprint density at radius 2 is 1.86 bits per heavy atom. The van der Waals surface area contributed by atoms with E-state index in [1.54, 1.807) is 6.07 Å². The molecule has 3 nitrogen and oxygen atoms in total. The van der Waals surface area contributed by atoms with Crippen molar-refractivity contribution < 1.29 is 9.67 Å². The van der Waals surface area contributed by atoms with E-state index in [0.29, 0.717) is 5.75 Å². The van der Waals surface area contributed by atoms with Gasteiger partial charge in [0.2, 0.25) is 0 Å². The van der Waals surface area contributed by atoms with Gasteiger partial charge in [-0.05, 0) is 42.1 Å². The first-order chi connectivity index (χ1) is 10.1. The van der Waals surface area contributed by atoms with E-state index >= 15 is 0 Å². The summed E-state index contributed by atoms with van der Waals surface area (Å²) in [6, 6.07) is 9.97. The maximum absolute atomic E-state index is 9.81. The molecule has 0 radical (unpaired) electrons. The van der Waals surface area contributed by atoms with E-state index in [1.165, 1.54) is 27.2 Å². The van der Waals surface area contributed by atoms with Gasteiger partial charge < -0.3 is 9.67 Å². The van der Waals surface area contributed by atoms with Crippen LogP contribution in [-0.4, -0.2) is 9.67 Å². The molecular weight excluding hydrogens is 260 g/mol. The molecule has 4 rings (SSSR count). The van der Waals surface area contributed by atoms with Crippen molar-refractivity contribution in [1.29, 1.82) is 0 Å². The van der Waals surface area contributed by atoms with Crippen molar-refractivity contribution in [3.63, 3.8) is 0 Å². The molecule has 104 valence electrons. The van der Waals surface area contributed by atoms with Gasteiger partial charge in [-0.1, -0.05) is 0 Å². The van der Waals surface area contributed by atoms with Crippen molar-refractivity contribution in [1.82, 2.24) is 4.57 Å². The molecule has 0 aliphatic rings. The maximum atomic E-state index is 9.81. The number of aryl methyl sites for hydroxylation is 3. The molecule has 0 fully saturated rings. The van der Waals surface area contributed by atoms with Crippen molar-refractivity contribution in [2.24, 2.45) is 14.1 Å². The summed E-state index contributed by atoms with van der Waals surface area (Å²) in [6.45, 7) is 2.17. The Bertz CT molecular complexity index is 1020. The summed E-state index contributed by atoms with van der Waals surface area (Å²) in [7, 11) is 4.12. The number of benzene rings is 2. The number of aromatic hydroxyl groups is 1. The highest BCUT2D eigenvalue weighted by Crippen LogP contribution is 2.35. The Morgan fingerprint density at radius 1 is 1.05 bits per heavy atom. The predicted octanol–water partition coefficient (Wildman–Crippen LogP) is 3.32. The summed E-state index contributed by atoms with van der Waals surface area (Å²) < 4.78 is 4.28. The van der Waals surface area contributed by atoms with Crippen LogP contribution in [0.5, 0.6) is 5.75 Å². The average Bonchev–Trinajstić information content (AvgIpc) is 2.71. The van der Waals surface area contributed by atoms with E-state index in [9.17, 15) is 5.11 Å². The first kappa shape index (κ1) is 12.2. The largest absolute Gasteiger partial charge is 0.508 e. The molecule has 0 spiro atoms. The van der Waals surface area contributed by atoms with Gasteiger partial charge in [-0.15, -0.1) is 0 Å². The SMILES string of the molecule is Cc1c2cc[n+](C)cc2cc2c3cc(O)ccc3n(C)c12. The minimum absolute atomic E-state index is 0.311. The van der Waals surface area contributed by atoms with Gasteiger partial charge in [0.25, 0.3) is 0 Å². The quantitative estimate of drug-likeness (QED) is 0.491. The maximum Gasteiger partial charge on any atom is 0.176 e. The zero-order chi connectivity index (χ0) is 14.7. The van der Waals surface area contributed by atoms with Gasteiger partial charge in [0.05, 0.1) is 5.52 Å². The minimum Gasteiger partial charge on any atom is -0.508 e. The molecule has 0 aliphatic heterocycles. The van der Waals surface area contributed by atoms with Crippen LogP contribution in [0.15, 0.2) is 42.7 Å². The minimum atomic E-state index is 0.311. The molecule has 0 saturated heterocycles. The second kappa shape index (κ2) is 3.98. The first-order valence-electron chi connectivity index (χ1n) is 7.06.